The van der Waals surface area contributed by atoms with Crippen LogP contribution in [0.25, 0.3) is 0 Å². The zero-order valence-electron chi connectivity index (χ0n) is 18.5. The SMILES string of the molecule is CCC(C)NC(=O)c1nn(C)c(Oc2ccc([N+](=O)[O-])cc2S(=O)(=O)N2CCCC2)c1C. The largest absolute Gasteiger partial charge is 0.438 e. The van der Waals surface area contributed by atoms with Gasteiger partial charge < -0.3 is 10.1 Å². The van der Waals surface area contributed by atoms with Gasteiger partial charge in [0, 0.05) is 43.9 Å². The van der Waals surface area contributed by atoms with Crippen molar-refractivity contribution in [1.29, 1.82) is 0 Å². The molecular weight excluding hydrogens is 438 g/mol. The summed E-state index contributed by atoms with van der Waals surface area (Å²) < 4.78 is 34.9. The number of carbonyl (C=O) groups is 1. The van der Waals surface area contributed by atoms with E-state index in [9.17, 15) is 23.3 Å². The molecule has 12 heteroatoms. The Morgan fingerprint density at radius 1 is 1.34 bits per heavy atom. The van der Waals surface area contributed by atoms with E-state index >= 15 is 0 Å². The lowest BCUT2D eigenvalue weighted by Gasteiger charge is -2.18. The topological polar surface area (TPSA) is 137 Å². The van der Waals surface area contributed by atoms with Gasteiger partial charge in [0.1, 0.15) is 10.6 Å². The molecule has 1 aromatic carbocycles. The lowest BCUT2D eigenvalue weighted by Crippen LogP contribution is -2.32. The number of sulfonamides is 1. The van der Waals surface area contributed by atoms with E-state index in [4.69, 9.17) is 4.74 Å². The highest BCUT2D eigenvalue weighted by Gasteiger charge is 2.32. The number of aromatic nitrogens is 2. The smallest absolute Gasteiger partial charge is 0.272 e. The molecule has 174 valence electrons. The maximum Gasteiger partial charge on any atom is 0.272 e. The average Bonchev–Trinajstić information content (AvgIpc) is 3.38. The standard InChI is InChI=1S/C20H27N5O6S/c1-5-13(2)21-19(26)18-14(3)20(23(4)22-18)31-16-9-8-15(25(27)28)12-17(16)32(29,30)24-10-6-7-11-24/h8-9,12-13H,5-7,10-11H2,1-4H3,(H,21,26). The number of aryl methyl sites for hydroxylation is 1. The van der Waals surface area contributed by atoms with Crippen molar-refractivity contribution in [1.82, 2.24) is 19.4 Å². The van der Waals surface area contributed by atoms with Crippen molar-refractivity contribution in [2.75, 3.05) is 13.1 Å². The second-order valence-corrected chi connectivity index (χ2v) is 9.69. The number of nitro benzene ring substituents is 1. The van der Waals surface area contributed by atoms with Crippen LogP contribution in [-0.2, 0) is 17.1 Å². The maximum atomic E-state index is 13.2. The summed E-state index contributed by atoms with van der Waals surface area (Å²) in [5.74, 6) is -0.260. The van der Waals surface area contributed by atoms with Gasteiger partial charge in [-0.05, 0) is 39.2 Å². The van der Waals surface area contributed by atoms with Crippen molar-refractivity contribution < 1.29 is 22.9 Å². The molecule has 1 saturated heterocycles. The summed E-state index contributed by atoms with van der Waals surface area (Å²) in [4.78, 5) is 22.9. The normalized spacial score (nSPS) is 15.5. The second kappa shape index (κ2) is 9.25. The van der Waals surface area contributed by atoms with Crippen LogP contribution in [0.1, 0.15) is 49.2 Å². The first kappa shape index (κ1) is 23.7. The molecule has 1 aliphatic heterocycles. The molecular formula is C20H27N5O6S. The Labute approximate surface area is 186 Å². The van der Waals surface area contributed by atoms with Crippen LogP contribution in [0.3, 0.4) is 0 Å². The van der Waals surface area contributed by atoms with Crippen molar-refractivity contribution in [3.63, 3.8) is 0 Å². The molecule has 0 aliphatic carbocycles. The molecule has 0 radical (unpaired) electrons. The van der Waals surface area contributed by atoms with Crippen molar-refractivity contribution in [2.24, 2.45) is 7.05 Å². The molecule has 0 saturated carbocycles. The first-order chi connectivity index (χ1) is 15.1. The van der Waals surface area contributed by atoms with Crippen LogP contribution < -0.4 is 10.1 Å². The van der Waals surface area contributed by atoms with Crippen molar-refractivity contribution in [3.8, 4) is 11.6 Å². The van der Waals surface area contributed by atoms with E-state index in [0.717, 1.165) is 25.3 Å². The van der Waals surface area contributed by atoms with E-state index in [0.29, 0.717) is 18.7 Å². The summed E-state index contributed by atoms with van der Waals surface area (Å²) in [5.41, 5.74) is 0.232. The van der Waals surface area contributed by atoms with Gasteiger partial charge in [0.15, 0.2) is 5.69 Å². The number of hydrogen-bond donors (Lipinski definition) is 1. The molecule has 1 fully saturated rings. The van der Waals surface area contributed by atoms with E-state index < -0.39 is 14.9 Å². The highest BCUT2D eigenvalue weighted by molar-refractivity contribution is 7.89. The maximum absolute atomic E-state index is 13.2. The van der Waals surface area contributed by atoms with Gasteiger partial charge in [0.25, 0.3) is 11.6 Å². The highest BCUT2D eigenvalue weighted by atomic mass is 32.2. The summed E-state index contributed by atoms with van der Waals surface area (Å²) >= 11 is 0. The number of nitrogens with zero attached hydrogens (tertiary/aromatic N) is 4. The van der Waals surface area contributed by atoms with E-state index in [1.165, 1.54) is 21.1 Å². The van der Waals surface area contributed by atoms with Crippen LogP contribution in [0.15, 0.2) is 23.1 Å². The Hall–Kier alpha value is -2.99. The van der Waals surface area contributed by atoms with Gasteiger partial charge >= 0.3 is 0 Å². The molecule has 1 atom stereocenters. The van der Waals surface area contributed by atoms with Gasteiger partial charge in [-0.2, -0.15) is 9.40 Å². The summed E-state index contributed by atoms with van der Waals surface area (Å²) in [6.07, 6.45) is 2.20. The highest BCUT2D eigenvalue weighted by Crippen LogP contribution is 2.36. The monoisotopic (exact) mass is 465 g/mol. The van der Waals surface area contributed by atoms with Crippen molar-refractivity contribution >= 4 is 21.6 Å². The van der Waals surface area contributed by atoms with Gasteiger partial charge in [-0.25, -0.2) is 13.1 Å². The van der Waals surface area contributed by atoms with Crippen molar-refractivity contribution in [3.05, 3.63) is 39.6 Å². The lowest BCUT2D eigenvalue weighted by molar-refractivity contribution is -0.385. The van der Waals surface area contributed by atoms with Crippen LogP contribution in [0.2, 0.25) is 0 Å². The first-order valence-corrected chi connectivity index (χ1v) is 11.8. The minimum Gasteiger partial charge on any atom is -0.438 e. The van der Waals surface area contributed by atoms with Crippen LogP contribution in [0.5, 0.6) is 11.6 Å². The van der Waals surface area contributed by atoms with E-state index in [1.54, 1.807) is 14.0 Å². The van der Waals surface area contributed by atoms with E-state index in [-0.39, 0.29) is 39.9 Å². The fourth-order valence-corrected chi connectivity index (χ4v) is 5.09. The Balaban J connectivity index is 2.02. The fraction of sp³-hybridized carbons (Fsp3) is 0.500. The molecule has 2 aromatic rings. The molecule has 11 nitrogen and oxygen atoms in total. The van der Waals surface area contributed by atoms with Gasteiger partial charge in [-0.1, -0.05) is 6.92 Å². The first-order valence-electron chi connectivity index (χ1n) is 10.4. The van der Waals surface area contributed by atoms with Gasteiger partial charge in [0.05, 0.1) is 4.92 Å². The average molecular weight is 466 g/mol. The third-order valence-electron chi connectivity index (χ3n) is 5.45. The van der Waals surface area contributed by atoms with E-state index in [1.807, 2.05) is 13.8 Å². The molecule has 1 aromatic heterocycles. The Morgan fingerprint density at radius 3 is 2.59 bits per heavy atom. The molecule has 1 N–H and O–H groups in total. The molecule has 1 amide bonds. The summed E-state index contributed by atoms with van der Waals surface area (Å²) in [6.45, 7) is 6.15. The predicted molar refractivity (Wildman–Crippen MR) is 116 cm³/mol. The minimum atomic E-state index is -4.01. The van der Waals surface area contributed by atoms with Crippen LogP contribution in [0.4, 0.5) is 5.69 Å². The molecule has 0 spiro atoms. The third kappa shape index (κ3) is 4.60. The summed E-state index contributed by atoms with van der Waals surface area (Å²) in [7, 11) is -2.43. The number of amides is 1. The molecule has 2 heterocycles. The second-order valence-electron chi connectivity index (χ2n) is 7.79. The molecule has 1 aliphatic rings. The molecule has 0 bridgehead atoms. The number of carbonyl (C=O) groups excluding carboxylic acids is 1. The van der Waals surface area contributed by atoms with Gasteiger partial charge in [-0.15, -0.1) is 0 Å². The minimum absolute atomic E-state index is 0.0415. The number of nitro groups is 1. The van der Waals surface area contributed by atoms with Crippen LogP contribution >= 0.6 is 0 Å². The van der Waals surface area contributed by atoms with Crippen LogP contribution in [-0.4, -0.2) is 52.5 Å². The number of ether oxygens (including phenoxy) is 1. The number of non-ortho nitro benzene ring substituents is 1. The number of benzene rings is 1. The molecule has 1 unspecified atom stereocenters. The van der Waals surface area contributed by atoms with Gasteiger partial charge in [-0.3, -0.25) is 14.9 Å². The van der Waals surface area contributed by atoms with Gasteiger partial charge in [0.2, 0.25) is 15.9 Å². The fourth-order valence-electron chi connectivity index (χ4n) is 3.43. The quantitative estimate of drug-likeness (QED) is 0.467. The van der Waals surface area contributed by atoms with Crippen LogP contribution in [0, 0.1) is 17.0 Å². The third-order valence-corrected chi connectivity index (χ3v) is 7.37. The number of nitrogens with one attached hydrogen (secondary N) is 1. The zero-order valence-corrected chi connectivity index (χ0v) is 19.3. The lowest BCUT2D eigenvalue weighted by atomic mass is 10.2. The molecule has 32 heavy (non-hydrogen) atoms. The number of hydrogen-bond acceptors (Lipinski definition) is 7. The summed E-state index contributed by atoms with van der Waals surface area (Å²) in [6, 6.07) is 3.40. The zero-order chi connectivity index (χ0) is 23.6. The Morgan fingerprint density at radius 2 is 2.00 bits per heavy atom. The summed E-state index contributed by atoms with van der Waals surface area (Å²) in [5, 5.41) is 18.3. The molecule has 3 rings (SSSR count). The Bertz CT molecular complexity index is 1140. The Kier molecular flexibility index (Phi) is 6.84. The number of rotatable bonds is 8. The van der Waals surface area contributed by atoms with E-state index in [2.05, 4.69) is 10.4 Å². The van der Waals surface area contributed by atoms with Crippen molar-refractivity contribution in [2.45, 2.75) is 51.0 Å². The predicted octanol–water partition coefficient (Wildman–Crippen LogP) is 2.74.